The first-order valence-corrected chi connectivity index (χ1v) is 5.82. The molecule has 1 amide bonds. The van der Waals surface area contributed by atoms with Gasteiger partial charge < -0.3 is 11.5 Å². The molecule has 18 heavy (non-hydrogen) atoms. The van der Waals surface area contributed by atoms with Crippen LogP contribution < -0.4 is 11.5 Å². The number of nitrogens with two attached hydrogens (primary N) is 2. The van der Waals surface area contributed by atoms with E-state index in [-0.39, 0.29) is 5.95 Å². The zero-order chi connectivity index (χ0) is 13.7. The van der Waals surface area contributed by atoms with Crippen molar-refractivity contribution in [3.63, 3.8) is 0 Å². The van der Waals surface area contributed by atoms with Gasteiger partial charge >= 0.3 is 0 Å². The quantitative estimate of drug-likeness (QED) is 0.820. The molecule has 0 aliphatic heterocycles. The molecule has 0 saturated carbocycles. The van der Waals surface area contributed by atoms with Gasteiger partial charge in [0.2, 0.25) is 11.9 Å². The number of nitrogens with zero attached hydrogens (tertiary/aromatic N) is 4. The smallest absolute Gasteiger partial charge is 0.243 e. The third-order valence-corrected chi connectivity index (χ3v) is 3.20. The minimum absolute atomic E-state index is 0.275. The van der Waals surface area contributed by atoms with Gasteiger partial charge in [-0.1, -0.05) is 0 Å². The molecule has 0 aromatic carbocycles. The van der Waals surface area contributed by atoms with Crippen molar-refractivity contribution in [3.8, 4) is 0 Å². The molecule has 0 bridgehead atoms. The molecule has 7 heteroatoms. The van der Waals surface area contributed by atoms with Crippen molar-refractivity contribution in [2.24, 2.45) is 5.73 Å². The second-order valence-corrected chi connectivity index (χ2v) is 4.80. The number of primary amides is 1. The molecular weight excluding hydrogens is 232 g/mol. The molecule has 2 aromatic rings. The van der Waals surface area contributed by atoms with E-state index < -0.39 is 11.4 Å². The number of rotatable bonds is 3. The van der Waals surface area contributed by atoms with E-state index >= 15 is 0 Å². The number of hydrogen-bond acceptors (Lipinski definition) is 4. The number of aromatic nitrogens is 4. The van der Waals surface area contributed by atoms with Crippen molar-refractivity contribution in [1.82, 2.24) is 19.3 Å². The van der Waals surface area contributed by atoms with Crippen molar-refractivity contribution in [3.05, 3.63) is 5.69 Å². The lowest BCUT2D eigenvalue weighted by Crippen LogP contribution is -2.42. The van der Waals surface area contributed by atoms with Gasteiger partial charge in [-0.3, -0.25) is 9.36 Å². The van der Waals surface area contributed by atoms with Gasteiger partial charge in [-0.05, 0) is 27.7 Å². The fourth-order valence-electron chi connectivity index (χ4n) is 2.07. The van der Waals surface area contributed by atoms with Gasteiger partial charge in [-0.25, -0.2) is 9.67 Å². The molecule has 7 nitrogen and oxygen atoms in total. The second-order valence-electron chi connectivity index (χ2n) is 4.80. The number of imidazole rings is 1. The average molecular weight is 250 g/mol. The van der Waals surface area contributed by atoms with Crippen molar-refractivity contribution in [1.29, 1.82) is 0 Å². The van der Waals surface area contributed by atoms with Crippen LogP contribution in [-0.4, -0.2) is 25.2 Å². The molecule has 0 aliphatic carbocycles. The standard InChI is InChI=1S/C11H18N6O/c1-5-16-8-7(6(2)15-16)14-10(13)17(8)11(3,4)9(12)18/h5H2,1-4H3,(H2,12,18)(H2,13,14). The summed E-state index contributed by atoms with van der Waals surface area (Å²) in [4.78, 5) is 15.9. The summed E-state index contributed by atoms with van der Waals surface area (Å²) in [6.45, 7) is 7.94. The number of nitrogen functional groups attached to an aromatic ring is 1. The number of carbonyl (C=O) groups excluding carboxylic acids is 1. The number of anilines is 1. The van der Waals surface area contributed by atoms with Gasteiger partial charge in [-0.2, -0.15) is 5.10 Å². The van der Waals surface area contributed by atoms with E-state index in [1.165, 1.54) is 0 Å². The maximum atomic E-state index is 11.6. The van der Waals surface area contributed by atoms with E-state index in [9.17, 15) is 4.79 Å². The van der Waals surface area contributed by atoms with Crippen LogP contribution in [0.15, 0.2) is 0 Å². The van der Waals surface area contributed by atoms with E-state index in [0.717, 1.165) is 11.3 Å². The first-order valence-electron chi connectivity index (χ1n) is 5.82. The molecule has 2 aromatic heterocycles. The van der Waals surface area contributed by atoms with Crippen LogP contribution in [0.2, 0.25) is 0 Å². The molecule has 0 unspecified atom stereocenters. The van der Waals surface area contributed by atoms with Crippen molar-refractivity contribution < 1.29 is 4.79 Å². The van der Waals surface area contributed by atoms with Crippen molar-refractivity contribution >= 4 is 23.0 Å². The zero-order valence-electron chi connectivity index (χ0n) is 11.1. The largest absolute Gasteiger partial charge is 0.369 e. The topological polar surface area (TPSA) is 105 Å². The highest BCUT2D eigenvalue weighted by molar-refractivity contribution is 5.86. The predicted octanol–water partition coefficient (Wildman–Crippen LogP) is 0.364. The molecule has 2 rings (SSSR count). The normalized spacial score (nSPS) is 12.2. The highest BCUT2D eigenvalue weighted by Crippen LogP contribution is 2.28. The first-order chi connectivity index (χ1) is 8.30. The van der Waals surface area contributed by atoms with E-state index in [1.54, 1.807) is 23.1 Å². The average Bonchev–Trinajstić information content (AvgIpc) is 2.76. The van der Waals surface area contributed by atoms with Crippen LogP contribution in [0, 0.1) is 6.92 Å². The maximum Gasteiger partial charge on any atom is 0.243 e. The van der Waals surface area contributed by atoms with E-state index in [2.05, 4.69) is 10.1 Å². The van der Waals surface area contributed by atoms with Crippen LogP contribution in [0.3, 0.4) is 0 Å². The highest BCUT2D eigenvalue weighted by Gasteiger charge is 2.33. The van der Waals surface area contributed by atoms with Gasteiger partial charge in [0.15, 0.2) is 5.65 Å². The fraction of sp³-hybridized carbons (Fsp3) is 0.545. The van der Waals surface area contributed by atoms with Gasteiger partial charge in [0.05, 0.1) is 5.69 Å². The Balaban J connectivity index is 2.85. The summed E-state index contributed by atoms with van der Waals surface area (Å²) in [6.07, 6.45) is 0. The van der Waals surface area contributed by atoms with E-state index in [1.807, 2.05) is 13.8 Å². The SMILES string of the molecule is CCn1nc(C)c2nc(N)n(C(C)(C)C(N)=O)c21. The summed E-state index contributed by atoms with van der Waals surface area (Å²) in [6, 6.07) is 0. The van der Waals surface area contributed by atoms with Gasteiger partial charge in [0.25, 0.3) is 0 Å². The number of amides is 1. The summed E-state index contributed by atoms with van der Waals surface area (Å²) in [5, 5.41) is 4.37. The van der Waals surface area contributed by atoms with Crippen molar-refractivity contribution in [2.75, 3.05) is 5.73 Å². The van der Waals surface area contributed by atoms with E-state index in [0.29, 0.717) is 12.1 Å². The lowest BCUT2D eigenvalue weighted by atomic mass is 10.1. The molecule has 0 fully saturated rings. The molecule has 0 aliphatic rings. The first kappa shape index (κ1) is 12.4. The van der Waals surface area contributed by atoms with Gasteiger partial charge in [0.1, 0.15) is 11.1 Å². The number of carbonyl (C=O) groups is 1. The summed E-state index contributed by atoms with van der Waals surface area (Å²) < 4.78 is 3.42. The third-order valence-electron chi connectivity index (χ3n) is 3.20. The van der Waals surface area contributed by atoms with Crippen molar-refractivity contribution in [2.45, 2.75) is 39.8 Å². The molecule has 0 radical (unpaired) electrons. The monoisotopic (exact) mass is 250 g/mol. The van der Waals surface area contributed by atoms with Gasteiger partial charge in [-0.15, -0.1) is 0 Å². The summed E-state index contributed by atoms with van der Waals surface area (Å²) >= 11 is 0. The fourth-order valence-corrected chi connectivity index (χ4v) is 2.07. The Bertz CT molecular complexity index is 621. The predicted molar refractivity (Wildman–Crippen MR) is 68.9 cm³/mol. The Morgan fingerprint density at radius 3 is 2.56 bits per heavy atom. The maximum absolute atomic E-state index is 11.6. The molecule has 4 N–H and O–H groups in total. The minimum atomic E-state index is -0.946. The lowest BCUT2D eigenvalue weighted by molar-refractivity contribution is -0.124. The Kier molecular flexibility index (Phi) is 2.57. The second kappa shape index (κ2) is 3.72. The highest BCUT2D eigenvalue weighted by atomic mass is 16.1. The van der Waals surface area contributed by atoms with Crippen LogP contribution in [0.4, 0.5) is 5.95 Å². The van der Waals surface area contributed by atoms with Crippen LogP contribution >= 0.6 is 0 Å². The Morgan fingerprint density at radius 2 is 2.06 bits per heavy atom. The summed E-state index contributed by atoms with van der Waals surface area (Å²) in [5.41, 5.74) is 12.7. The molecule has 0 spiro atoms. The van der Waals surface area contributed by atoms with Crippen LogP contribution in [-0.2, 0) is 16.9 Å². The Labute approximate surface area is 105 Å². The molecule has 0 atom stereocenters. The Morgan fingerprint density at radius 1 is 1.44 bits per heavy atom. The van der Waals surface area contributed by atoms with Crippen LogP contribution in [0.25, 0.3) is 11.2 Å². The third kappa shape index (κ3) is 1.47. The lowest BCUT2D eigenvalue weighted by Gasteiger charge is -2.24. The molecule has 98 valence electrons. The van der Waals surface area contributed by atoms with Crippen LogP contribution in [0.1, 0.15) is 26.5 Å². The minimum Gasteiger partial charge on any atom is -0.369 e. The summed E-state index contributed by atoms with van der Waals surface area (Å²) in [7, 11) is 0. The molecule has 2 heterocycles. The van der Waals surface area contributed by atoms with E-state index in [4.69, 9.17) is 11.5 Å². The number of fused-ring (bicyclic) bond motifs is 1. The van der Waals surface area contributed by atoms with Gasteiger partial charge in [0, 0.05) is 6.54 Å². The number of hydrogen-bond donors (Lipinski definition) is 2. The summed E-state index contributed by atoms with van der Waals surface area (Å²) in [5.74, 6) is -0.188. The van der Waals surface area contributed by atoms with Crippen LogP contribution in [0.5, 0.6) is 0 Å². The molecular formula is C11H18N6O. The number of aryl methyl sites for hydroxylation is 2. The molecule has 0 saturated heterocycles. The zero-order valence-corrected chi connectivity index (χ0v) is 11.1. The Hall–Kier alpha value is -2.05.